The average molecular weight is 209 g/mol. The van der Waals surface area contributed by atoms with E-state index in [9.17, 15) is 0 Å². The Kier molecular flexibility index (Phi) is 3.37. The van der Waals surface area contributed by atoms with Crippen molar-refractivity contribution < 1.29 is 4.74 Å². The van der Waals surface area contributed by atoms with Crippen molar-refractivity contribution in [2.45, 2.75) is 4.90 Å². The molecule has 0 aliphatic heterocycles. The minimum absolute atomic E-state index is 0.661. The van der Waals surface area contributed by atoms with E-state index in [0.717, 1.165) is 21.6 Å². The number of hydrogen-bond donors (Lipinski definition) is 0. The summed E-state index contributed by atoms with van der Waals surface area (Å²) in [7, 11) is 8.25. The lowest BCUT2D eigenvalue weighted by Crippen LogP contribution is -1.83. The molecule has 0 heterocycles. The minimum Gasteiger partial charge on any atom is -0.496 e. The largest absolute Gasteiger partial charge is 0.496 e. The van der Waals surface area contributed by atoms with Gasteiger partial charge in [-0.2, -0.15) is 0 Å². The van der Waals surface area contributed by atoms with E-state index in [4.69, 9.17) is 27.0 Å². The quantitative estimate of drug-likeness (QED) is 0.735. The van der Waals surface area contributed by atoms with E-state index in [1.165, 1.54) is 0 Å². The third kappa shape index (κ3) is 2.19. The second kappa shape index (κ2) is 4.10. The van der Waals surface area contributed by atoms with Crippen LogP contribution in [-0.4, -0.2) is 7.11 Å². The molecular formula is C7H6Cl2OS. The first-order chi connectivity index (χ1) is 5.27. The molecule has 0 aromatic heterocycles. The maximum absolute atomic E-state index is 5.73. The zero-order valence-corrected chi connectivity index (χ0v) is 8.13. The number of rotatable bonds is 2. The van der Waals surface area contributed by atoms with Gasteiger partial charge in [-0.1, -0.05) is 11.6 Å². The second-order valence-electron chi connectivity index (χ2n) is 1.87. The fourth-order valence-electron chi connectivity index (χ4n) is 0.711. The topological polar surface area (TPSA) is 9.23 Å². The first kappa shape index (κ1) is 9.04. The summed E-state index contributed by atoms with van der Waals surface area (Å²) in [6.45, 7) is 0. The predicted octanol–water partition coefficient (Wildman–Crippen LogP) is 3.59. The molecule has 0 saturated carbocycles. The van der Waals surface area contributed by atoms with Crippen molar-refractivity contribution in [2.24, 2.45) is 0 Å². The van der Waals surface area contributed by atoms with Gasteiger partial charge in [0, 0.05) is 5.02 Å². The molecule has 0 aliphatic carbocycles. The molecule has 1 rings (SSSR count). The number of methoxy groups -OCH3 is 1. The van der Waals surface area contributed by atoms with Crippen molar-refractivity contribution in [3.8, 4) is 5.75 Å². The molecule has 4 heteroatoms. The number of hydrogen-bond acceptors (Lipinski definition) is 2. The molecular weight excluding hydrogens is 203 g/mol. The van der Waals surface area contributed by atoms with Gasteiger partial charge in [-0.25, -0.2) is 0 Å². The Hall–Kier alpha value is -0.0500. The van der Waals surface area contributed by atoms with E-state index in [2.05, 4.69) is 0 Å². The molecule has 1 aromatic carbocycles. The summed E-state index contributed by atoms with van der Waals surface area (Å²) in [5, 5.41) is 0.661. The third-order valence-electron chi connectivity index (χ3n) is 1.21. The highest BCUT2D eigenvalue weighted by atomic mass is 35.7. The van der Waals surface area contributed by atoms with Gasteiger partial charge in [0.1, 0.15) is 5.75 Å². The van der Waals surface area contributed by atoms with Crippen LogP contribution in [0.5, 0.6) is 5.75 Å². The Balaban J connectivity index is 3.06. The SMILES string of the molecule is COc1ccc(Cl)cc1SCl. The normalized spacial score (nSPS) is 9.73. The van der Waals surface area contributed by atoms with Gasteiger partial charge in [-0.15, -0.1) is 0 Å². The molecule has 1 nitrogen and oxygen atoms in total. The van der Waals surface area contributed by atoms with Gasteiger partial charge in [0.15, 0.2) is 0 Å². The van der Waals surface area contributed by atoms with Gasteiger partial charge < -0.3 is 4.74 Å². The number of halogens is 2. The Morgan fingerprint density at radius 1 is 1.45 bits per heavy atom. The van der Waals surface area contributed by atoms with Gasteiger partial charge in [-0.05, 0) is 39.9 Å². The van der Waals surface area contributed by atoms with Crippen molar-refractivity contribution in [3.63, 3.8) is 0 Å². The average Bonchev–Trinajstić information content (AvgIpc) is 2.04. The highest BCUT2D eigenvalue weighted by Gasteiger charge is 2.01. The van der Waals surface area contributed by atoms with E-state index in [0.29, 0.717) is 5.02 Å². The molecule has 0 aliphatic rings. The van der Waals surface area contributed by atoms with Gasteiger partial charge in [0.25, 0.3) is 0 Å². The Bertz CT molecular complexity index is 252. The van der Waals surface area contributed by atoms with Crippen LogP contribution in [0.4, 0.5) is 0 Å². The van der Waals surface area contributed by atoms with Gasteiger partial charge in [0.2, 0.25) is 0 Å². The molecule has 0 atom stereocenters. The van der Waals surface area contributed by atoms with E-state index in [1.807, 2.05) is 0 Å². The fourth-order valence-corrected chi connectivity index (χ4v) is 1.71. The Labute approximate surface area is 79.1 Å². The molecule has 1 aromatic rings. The minimum atomic E-state index is 0.661. The lowest BCUT2D eigenvalue weighted by Gasteiger charge is -2.03. The summed E-state index contributed by atoms with van der Waals surface area (Å²) in [4.78, 5) is 0.835. The second-order valence-corrected chi connectivity index (χ2v) is 3.37. The third-order valence-corrected chi connectivity index (χ3v) is 2.43. The van der Waals surface area contributed by atoms with Crippen molar-refractivity contribution in [1.29, 1.82) is 0 Å². The zero-order valence-electron chi connectivity index (χ0n) is 5.80. The van der Waals surface area contributed by atoms with Crippen LogP contribution in [0.15, 0.2) is 23.1 Å². The summed E-state index contributed by atoms with van der Waals surface area (Å²) in [6, 6.07) is 5.31. The molecule has 0 spiro atoms. The lowest BCUT2D eigenvalue weighted by molar-refractivity contribution is 0.405. The van der Waals surface area contributed by atoms with Crippen LogP contribution >= 0.6 is 33.3 Å². The van der Waals surface area contributed by atoms with Crippen molar-refractivity contribution in [3.05, 3.63) is 23.2 Å². The fraction of sp³-hybridized carbons (Fsp3) is 0.143. The zero-order chi connectivity index (χ0) is 8.27. The van der Waals surface area contributed by atoms with Crippen LogP contribution in [0, 0.1) is 0 Å². The van der Waals surface area contributed by atoms with Crippen LogP contribution in [0.3, 0.4) is 0 Å². The van der Waals surface area contributed by atoms with E-state index in [-0.39, 0.29) is 0 Å². The molecule has 0 unspecified atom stereocenters. The summed E-state index contributed by atoms with van der Waals surface area (Å²) in [5.74, 6) is 0.745. The standard InChI is InChI=1S/C7H6Cl2OS/c1-10-6-3-2-5(8)4-7(6)11-9/h2-4H,1H3. The van der Waals surface area contributed by atoms with Crippen LogP contribution in [0.1, 0.15) is 0 Å². The maximum atomic E-state index is 5.73. The van der Waals surface area contributed by atoms with Gasteiger partial charge in [0.05, 0.1) is 12.0 Å². The van der Waals surface area contributed by atoms with Crippen molar-refractivity contribution in [1.82, 2.24) is 0 Å². The molecule has 60 valence electrons. The van der Waals surface area contributed by atoms with Crippen molar-refractivity contribution in [2.75, 3.05) is 7.11 Å². The molecule has 11 heavy (non-hydrogen) atoms. The Morgan fingerprint density at radius 2 is 2.18 bits per heavy atom. The highest BCUT2D eigenvalue weighted by Crippen LogP contribution is 2.33. The summed E-state index contributed by atoms with van der Waals surface area (Å²) in [6.07, 6.45) is 0. The molecule has 0 amide bonds. The molecule has 0 fully saturated rings. The maximum Gasteiger partial charge on any atom is 0.133 e. The van der Waals surface area contributed by atoms with Crippen molar-refractivity contribution >= 4 is 33.3 Å². The van der Waals surface area contributed by atoms with Crippen LogP contribution in [0.25, 0.3) is 0 Å². The highest BCUT2D eigenvalue weighted by molar-refractivity contribution is 8.21. The van der Waals surface area contributed by atoms with Gasteiger partial charge >= 0.3 is 0 Å². The van der Waals surface area contributed by atoms with Crippen LogP contribution in [0.2, 0.25) is 5.02 Å². The monoisotopic (exact) mass is 208 g/mol. The van der Waals surface area contributed by atoms with Gasteiger partial charge in [-0.3, -0.25) is 0 Å². The lowest BCUT2D eigenvalue weighted by atomic mass is 10.3. The van der Waals surface area contributed by atoms with E-state index >= 15 is 0 Å². The smallest absolute Gasteiger partial charge is 0.133 e. The first-order valence-corrected chi connectivity index (χ1v) is 4.92. The molecule has 0 bridgehead atoms. The molecule has 0 radical (unpaired) electrons. The molecule has 0 N–H and O–H groups in total. The summed E-state index contributed by atoms with van der Waals surface area (Å²) in [5.41, 5.74) is 0. The van der Waals surface area contributed by atoms with Crippen LogP contribution in [-0.2, 0) is 0 Å². The summed E-state index contributed by atoms with van der Waals surface area (Å²) >= 11 is 5.73. The van der Waals surface area contributed by atoms with Crippen LogP contribution < -0.4 is 4.74 Å². The number of ether oxygens (including phenoxy) is 1. The first-order valence-electron chi connectivity index (χ1n) is 2.90. The van der Waals surface area contributed by atoms with E-state index < -0.39 is 0 Å². The predicted molar refractivity (Wildman–Crippen MR) is 49.7 cm³/mol. The summed E-state index contributed by atoms with van der Waals surface area (Å²) < 4.78 is 5.03. The molecule has 0 saturated heterocycles. The number of benzene rings is 1. The Morgan fingerprint density at radius 3 is 2.73 bits per heavy atom. The van der Waals surface area contributed by atoms with E-state index in [1.54, 1.807) is 25.3 Å².